The van der Waals surface area contributed by atoms with Crippen molar-refractivity contribution in [1.82, 2.24) is 4.90 Å². The Morgan fingerprint density at radius 2 is 2.04 bits per heavy atom. The predicted octanol–water partition coefficient (Wildman–Crippen LogP) is 1.73. The molecule has 2 rings (SSSR count). The zero-order valence-electron chi connectivity index (χ0n) is 12.9. The summed E-state index contributed by atoms with van der Waals surface area (Å²) in [6.45, 7) is 1.33. The van der Waals surface area contributed by atoms with Gasteiger partial charge >= 0.3 is 5.97 Å². The molecule has 1 aliphatic heterocycles. The van der Waals surface area contributed by atoms with Crippen LogP contribution in [0, 0.1) is 10.1 Å². The number of nitro benzene ring substituents is 1. The quantitative estimate of drug-likeness (QED) is 0.465. The predicted molar refractivity (Wildman–Crippen MR) is 79.7 cm³/mol. The van der Waals surface area contributed by atoms with Gasteiger partial charge < -0.3 is 14.4 Å². The number of likely N-dealkylation sites (tertiary alicyclic amines) is 1. The Kier molecular flexibility index (Phi) is 5.28. The second kappa shape index (κ2) is 7.19. The molecule has 1 aliphatic rings. The van der Waals surface area contributed by atoms with E-state index in [1.54, 1.807) is 6.07 Å². The van der Waals surface area contributed by atoms with Crippen LogP contribution in [0.4, 0.5) is 5.69 Å². The maximum atomic E-state index is 12.8. The van der Waals surface area contributed by atoms with Crippen molar-refractivity contribution < 1.29 is 24.0 Å². The second-order valence-electron chi connectivity index (χ2n) is 5.21. The highest BCUT2D eigenvalue weighted by molar-refractivity contribution is 5.98. The lowest BCUT2D eigenvalue weighted by Crippen LogP contribution is -2.44. The Morgan fingerprint density at radius 3 is 2.65 bits per heavy atom. The van der Waals surface area contributed by atoms with Gasteiger partial charge in [-0.2, -0.15) is 0 Å². The van der Waals surface area contributed by atoms with Crippen molar-refractivity contribution in [2.45, 2.75) is 32.0 Å². The molecule has 2 atom stereocenters. The summed E-state index contributed by atoms with van der Waals surface area (Å²) in [6, 6.07) is 5.40. The molecule has 0 bridgehead atoms. The van der Waals surface area contributed by atoms with Gasteiger partial charge in [0, 0.05) is 20.1 Å². The third-order valence-electron chi connectivity index (χ3n) is 3.77. The molecule has 0 N–H and O–H groups in total. The monoisotopic (exact) mass is 322 g/mol. The van der Waals surface area contributed by atoms with Crippen LogP contribution in [0.2, 0.25) is 0 Å². The largest absolute Gasteiger partial charge is 0.464 e. The first-order chi connectivity index (χ1) is 11.0. The van der Waals surface area contributed by atoms with Crippen LogP contribution in [0.25, 0.3) is 0 Å². The van der Waals surface area contributed by atoms with E-state index in [9.17, 15) is 19.7 Å². The van der Waals surface area contributed by atoms with Crippen molar-refractivity contribution in [3.8, 4) is 0 Å². The third kappa shape index (κ3) is 3.65. The number of amides is 1. The topological polar surface area (TPSA) is 99.0 Å². The Morgan fingerprint density at radius 1 is 1.35 bits per heavy atom. The SMILES string of the molecule is COC1CC[C@@H](COC(C)=O)N1C(=O)c1ccccc1[N+](=O)[O-]. The van der Waals surface area contributed by atoms with Crippen LogP contribution in [-0.2, 0) is 14.3 Å². The van der Waals surface area contributed by atoms with Gasteiger partial charge in [0.15, 0.2) is 0 Å². The van der Waals surface area contributed by atoms with E-state index in [1.165, 1.54) is 37.1 Å². The minimum Gasteiger partial charge on any atom is -0.464 e. The number of ether oxygens (including phenoxy) is 2. The van der Waals surface area contributed by atoms with Crippen molar-refractivity contribution in [2.75, 3.05) is 13.7 Å². The van der Waals surface area contributed by atoms with Gasteiger partial charge in [0.2, 0.25) is 0 Å². The van der Waals surface area contributed by atoms with Crippen molar-refractivity contribution >= 4 is 17.6 Å². The molecule has 1 saturated heterocycles. The minimum absolute atomic E-state index is 0.00530. The molecule has 8 nitrogen and oxygen atoms in total. The fourth-order valence-electron chi connectivity index (χ4n) is 2.71. The summed E-state index contributed by atoms with van der Waals surface area (Å²) < 4.78 is 10.3. The van der Waals surface area contributed by atoms with Crippen LogP contribution >= 0.6 is 0 Å². The lowest BCUT2D eigenvalue weighted by molar-refractivity contribution is -0.385. The molecular weight excluding hydrogens is 304 g/mol. The fraction of sp³-hybridized carbons (Fsp3) is 0.467. The lowest BCUT2D eigenvalue weighted by Gasteiger charge is -2.29. The average Bonchev–Trinajstić information content (AvgIpc) is 2.95. The number of esters is 1. The van der Waals surface area contributed by atoms with Gasteiger partial charge in [-0.15, -0.1) is 0 Å². The van der Waals surface area contributed by atoms with Gasteiger partial charge in [-0.3, -0.25) is 19.7 Å². The Labute approximate surface area is 133 Å². The number of hydrogen-bond donors (Lipinski definition) is 0. The molecule has 8 heteroatoms. The molecular formula is C15H18N2O6. The summed E-state index contributed by atoms with van der Waals surface area (Å²) in [6.07, 6.45) is 0.676. The van der Waals surface area contributed by atoms with Crippen molar-refractivity contribution in [3.05, 3.63) is 39.9 Å². The van der Waals surface area contributed by atoms with Crippen LogP contribution in [0.5, 0.6) is 0 Å². The molecule has 1 aromatic carbocycles. The zero-order chi connectivity index (χ0) is 17.0. The number of carbonyl (C=O) groups is 2. The molecule has 0 spiro atoms. The van der Waals surface area contributed by atoms with Gasteiger partial charge in [-0.1, -0.05) is 12.1 Å². The lowest BCUT2D eigenvalue weighted by atomic mass is 10.1. The molecule has 1 unspecified atom stereocenters. The van der Waals surface area contributed by atoms with Crippen molar-refractivity contribution in [2.24, 2.45) is 0 Å². The van der Waals surface area contributed by atoms with E-state index < -0.39 is 23.0 Å². The number of nitrogens with zero attached hydrogens (tertiary/aromatic N) is 2. The van der Waals surface area contributed by atoms with E-state index in [0.29, 0.717) is 12.8 Å². The normalized spacial score (nSPS) is 20.3. The van der Waals surface area contributed by atoms with Crippen LogP contribution in [0.3, 0.4) is 0 Å². The molecule has 1 amide bonds. The third-order valence-corrected chi connectivity index (χ3v) is 3.77. The Balaban J connectivity index is 2.30. The number of rotatable bonds is 5. The number of carbonyl (C=O) groups excluding carboxylic acids is 2. The van der Waals surface area contributed by atoms with E-state index in [4.69, 9.17) is 9.47 Å². The highest BCUT2D eigenvalue weighted by Gasteiger charge is 2.39. The molecule has 0 radical (unpaired) electrons. The average molecular weight is 322 g/mol. The highest BCUT2D eigenvalue weighted by Crippen LogP contribution is 2.29. The number of methoxy groups -OCH3 is 1. The Hall–Kier alpha value is -2.48. The number of nitro groups is 1. The zero-order valence-corrected chi connectivity index (χ0v) is 12.9. The van der Waals surface area contributed by atoms with E-state index in [-0.39, 0.29) is 23.9 Å². The molecule has 0 aliphatic carbocycles. The number of hydrogen-bond acceptors (Lipinski definition) is 6. The minimum atomic E-state index is -0.591. The van der Waals surface area contributed by atoms with E-state index in [2.05, 4.69) is 0 Å². The second-order valence-corrected chi connectivity index (χ2v) is 5.21. The summed E-state index contributed by atoms with van der Waals surface area (Å²) in [4.78, 5) is 35.7. The van der Waals surface area contributed by atoms with Gasteiger partial charge in [0.25, 0.3) is 11.6 Å². The first kappa shape index (κ1) is 16.9. The molecule has 1 heterocycles. The molecule has 0 saturated carbocycles. The summed E-state index contributed by atoms with van der Waals surface area (Å²) in [7, 11) is 1.47. The van der Waals surface area contributed by atoms with E-state index >= 15 is 0 Å². The van der Waals surface area contributed by atoms with E-state index in [0.717, 1.165) is 0 Å². The Bertz CT molecular complexity index is 618. The number of benzene rings is 1. The summed E-state index contributed by atoms with van der Waals surface area (Å²) in [5.74, 6) is -0.942. The van der Waals surface area contributed by atoms with Crippen LogP contribution < -0.4 is 0 Å². The first-order valence-electron chi connectivity index (χ1n) is 7.18. The molecule has 124 valence electrons. The molecule has 1 fully saturated rings. The molecule has 1 aromatic rings. The van der Waals surface area contributed by atoms with Crippen LogP contribution in [0.15, 0.2) is 24.3 Å². The smallest absolute Gasteiger partial charge is 0.302 e. The summed E-state index contributed by atoms with van der Waals surface area (Å²) in [5.41, 5.74) is -0.264. The summed E-state index contributed by atoms with van der Waals surface area (Å²) in [5, 5.41) is 11.1. The van der Waals surface area contributed by atoms with Gasteiger partial charge in [0.1, 0.15) is 18.4 Å². The first-order valence-corrected chi connectivity index (χ1v) is 7.18. The standard InChI is InChI=1S/C15H18N2O6/c1-10(18)23-9-11-7-8-14(22-2)16(11)15(19)12-5-3-4-6-13(12)17(20)21/h3-6,11,14H,7-9H2,1-2H3/t11-,14?/m0/s1. The van der Waals surface area contributed by atoms with Crippen LogP contribution in [0.1, 0.15) is 30.1 Å². The highest BCUT2D eigenvalue weighted by atomic mass is 16.6. The van der Waals surface area contributed by atoms with Crippen molar-refractivity contribution in [1.29, 1.82) is 0 Å². The maximum absolute atomic E-state index is 12.8. The van der Waals surface area contributed by atoms with Gasteiger partial charge in [-0.25, -0.2) is 0 Å². The van der Waals surface area contributed by atoms with Crippen LogP contribution in [-0.4, -0.2) is 47.7 Å². The summed E-state index contributed by atoms with van der Waals surface area (Å²) >= 11 is 0. The maximum Gasteiger partial charge on any atom is 0.302 e. The molecule has 0 aromatic heterocycles. The van der Waals surface area contributed by atoms with Gasteiger partial charge in [-0.05, 0) is 18.9 Å². The van der Waals surface area contributed by atoms with E-state index in [1.807, 2.05) is 0 Å². The molecule has 23 heavy (non-hydrogen) atoms. The fourth-order valence-corrected chi connectivity index (χ4v) is 2.71. The van der Waals surface area contributed by atoms with Gasteiger partial charge in [0.05, 0.1) is 11.0 Å². The number of para-hydroxylation sites is 1. The van der Waals surface area contributed by atoms with Crippen molar-refractivity contribution in [3.63, 3.8) is 0 Å².